The summed E-state index contributed by atoms with van der Waals surface area (Å²) in [6.45, 7) is 2.14. The summed E-state index contributed by atoms with van der Waals surface area (Å²) in [5.74, 6) is -3.72. The van der Waals surface area contributed by atoms with Gasteiger partial charge in [-0.2, -0.15) is 8.78 Å². The van der Waals surface area contributed by atoms with E-state index in [1.807, 2.05) is 0 Å². The fourth-order valence-electron chi connectivity index (χ4n) is 7.05. The molecule has 0 aromatic heterocycles. The SMILES string of the molecule is CCCCCc1ccc(C(F)(F)OC2CCC(C3CCC(c4ccc(-c5cc(F)c(F)c(F)c5)c(F)c4)CC3)CC2)cc1. The van der Waals surface area contributed by atoms with Gasteiger partial charge in [0.05, 0.1) is 11.7 Å². The highest BCUT2D eigenvalue weighted by atomic mass is 19.3. The highest BCUT2D eigenvalue weighted by Gasteiger charge is 2.39. The van der Waals surface area contributed by atoms with Crippen LogP contribution in [0.4, 0.5) is 26.3 Å². The molecule has 0 spiro atoms. The molecule has 2 aliphatic carbocycles. The molecule has 0 unspecified atom stereocenters. The van der Waals surface area contributed by atoms with Gasteiger partial charge in [-0.15, -0.1) is 0 Å². The number of alkyl halides is 2. The fourth-order valence-corrected chi connectivity index (χ4v) is 7.05. The Morgan fingerprint density at radius 2 is 1.30 bits per heavy atom. The topological polar surface area (TPSA) is 9.23 Å². The molecule has 0 radical (unpaired) electrons. The molecule has 7 heteroatoms. The molecule has 0 bridgehead atoms. The van der Waals surface area contributed by atoms with E-state index in [9.17, 15) is 26.3 Å². The van der Waals surface area contributed by atoms with Crippen LogP contribution in [0.3, 0.4) is 0 Å². The lowest BCUT2D eigenvalue weighted by Gasteiger charge is -2.38. The van der Waals surface area contributed by atoms with Crippen molar-refractivity contribution in [1.29, 1.82) is 0 Å². The van der Waals surface area contributed by atoms with Gasteiger partial charge in [-0.3, -0.25) is 0 Å². The minimum Gasteiger partial charge on any atom is -0.313 e. The number of hydrogen-bond acceptors (Lipinski definition) is 1. The van der Waals surface area contributed by atoms with E-state index in [1.54, 1.807) is 18.2 Å². The first kappa shape index (κ1) is 31.6. The maximum atomic E-state index is 15.0. The van der Waals surface area contributed by atoms with Gasteiger partial charge in [0.15, 0.2) is 17.5 Å². The monoisotopic (exact) mass is 602 g/mol. The van der Waals surface area contributed by atoms with E-state index < -0.39 is 35.5 Å². The third kappa shape index (κ3) is 7.65. The molecule has 2 fully saturated rings. The van der Waals surface area contributed by atoms with Crippen LogP contribution in [0.15, 0.2) is 54.6 Å². The summed E-state index contributed by atoms with van der Waals surface area (Å²) < 4.78 is 90.8. The van der Waals surface area contributed by atoms with Gasteiger partial charge in [-0.1, -0.05) is 56.2 Å². The van der Waals surface area contributed by atoms with Crippen molar-refractivity contribution < 1.29 is 31.1 Å². The first-order chi connectivity index (χ1) is 20.6. The molecule has 0 aliphatic heterocycles. The zero-order chi connectivity index (χ0) is 30.6. The Labute approximate surface area is 250 Å². The molecule has 1 nitrogen and oxygen atoms in total. The summed E-state index contributed by atoms with van der Waals surface area (Å²) in [4.78, 5) is 0. The van der Waals surface area contributed by atoms with E-state index in [0.29, 0.717) is 24.7 Å². The molecule has 0 heterocycles. The first-order valence-electron chi connectivity index (χ1n) is 15.7. The molecule has 0 N–H and O–H groups in total. The third-order valence-corrected chi connectivity index (χ3v) is 9.59. The highest BCUT2D eigenvalue weighted by Crippen LogP contribution is 2.45. The van der Waals surface area contributed by atoms with Gasteiger partial charge in [0, 0.05) is 5.56 Å². The Balaban J connectivity index is 1.10. The van der Waals surface area contributed by atoms with Crippen molar-refractivity contribution in [2.75, 3.05) is 0 Å². The van der Waals surface area contributed by atoms with Crippen LogP contribution in [0, 0.1) is 35.1 Å². The summed E-state index contributed by atoms with van der Waals surface area (Å²) in [7, 11) is 0. The molecule has 2 saturated carbocycles. The first-order valence-corrected chi connectivity index (χ1v) is 15.7. The maximum absolute atomic E-state index is 15.0. The van der Waals surface area contributed by atoms with Crippen molar-refractivity contribution >= 4 is 0 Å². The predicted molar refractivity (Wildman–Crippen MR) is 157 cm³/mol. The molecule has 0 amide bonds. The number of hydrogen-bond donors (Lipinski definition) is 0. The normalized spacial score (nSPS) is 23.0. The standard InChI is InChI=1S/C36H40F6O/c1-2-3-4-5-23-6-15-29(16-7-23)36(41,42)43-30-17-12-25(13-18-30)24-8-10-26(11-9-24)27-14-19-31(32(37)20-27)28-21-33(38)35(40)34(39)22-28/h6-7,14-16,19-22,24-26,30H,2-5,8-13,17-18H2,1H3. The quantitative estimate of drug-likeness (QED) is 0.127. The van der Waals surface area contributed by atoms with Crippen LogP contribution in [0.1, 0.15) is 100 Å². The third-order valence-electron chi connectivity index (χ3n) is 9.59. The summed E-state index contributed by atoms with van der Waals surface area (Å²) in [5, 5.41) is 0. The van der Waals surface area contributed by atoms with Crippen LogP contribution >= 0.6 is 0 Å². The van der Waals surface area contributed by atoms with E-state index in [0.717, 1.165) is 87.5 Å². The Hall–Kier alpha value is -2.80. The van der Waals surface area contributed by atoms with E-state index in [2.05, 4.69) is 6.92 Å². The molecule has 3 aromatic carbocycles. The van der Waals surface area contributed by atoms with Crippen LogP contribution in [0.25, 0.3) is 11.1 Å². The Morgan fingerprint density at radius 3 is 1.88 bits per heavy atom. The lowest BCUT2D eigenvalue weighted by molar-refractivity contribution is -0.278. The molecule has 3 aromatic rings. The van der Waals surface area contributed by atoms with Crippen molar-refractivity contribution in [3.63, 3.8) is 0 Å². The zero-order valence-electron chi connectivity index (χ0n) is 24.7. The molecule has 232 valence electrons. The van der Waals surface area contributed by atoms with Gasteiger partial charge >= 0.3 is 6.11 Å². The predicted octanol–water partition coefficient (Wildman–Crippen LogP) is 11.2. The van der Waals surface area contributed by atoms with Crippen molar-refractivity contribution in [2.45, 2.75) is 102 Å². The van der Waals surface area contributed by atoms with Gasteiger partial charge < -0.3 is 4.74 Å². The van der Waals surface area contributed by atoms with E-state index in [-0.39, 0.29) is 22.6 Å². The van der Waals surface area contributed by atoms with Crippen molar-refractivity contribution in [2.24, 2.45) is 11.8 Å². The molecule has 5 rings (SSSR count). The van der Waals surface area contributed by atoms with Crippen molar-refractivity contribution in [3.8, 4) is 11.1 Å². The summed E-state index contributed by atoms with van der Waals surface area (Å²) in [6.07, 6.45) is 7.17. The summed E-state index contributed by atoms with van der Waals surface area (Å²) in [6, 6.07) is 12.9. The average Bonchev–Trinajstić information content (AvgIpc) is 3.00. The van der Waals surface area contributed by atoms with Gasteiger partial charge in [0.25, 0.3) is 0 Å². The van der Waals surface area contributed by atoms with Gasteiger partial charge in [0.2, 0.25) is 0 Å². The average molecular weight is 603 g/mol. The second-order valence-corrected chi connectivity index (χ2v) is 12.4. The van der Waals surface area contributed by atoms with Crippen LogP contribution in [-0.4, -0.2) is 6.10 Å². The smallest absolute Gasteiger partial charge is 0.313 e. The van der Waals surface area contributed by atoms with E-state index in [4.69, 9.17) is 4.74 Å². The number of rotatable bonds is 10. The highest BCUT2D eigenvalue weighted by molar-refractivity contribution is 5.65. The van der Waals surface area contributed by atoms with Gasteiger partial charge in [-0.25, -0.2) is 17.6 Å². The lowest BCUT2D eigenvalue weighted by Crippen LogP contribution is -2.32. The number of benzene rings is 3. The van der Waals surface area contributed by atoms with Gasteiger partial charge in [-0.05, 0) is 117 Å². The van der Waals surface area contributed by atoms with Crippen LogP contribution < -0.4 is 0 Å². The van der Waals surface area contributed by atoms with E-state index in [1.165, 1.54) is 24.3 Å². The summed E-state index contributed by atoms with van der Waals surface area (Å²) in [5.41, 5.74) is 1.81. The number of halogens is 6. The minimum atomic E-state index is -3.30. The number of unbranched alkanes of at least 4 members (excludes halogenated alkanes) is 2. The Bertz CT molecular complexity index is 1330. The van der Waals surface area contributed by atoms with Crippen LogP contribution in [0.2, 0.25) is 0 Å². The van der Waals surface area contributed by atoms with Gasteiger partial charge in [0.1, 0.15) is 5.82 Å². The molecule has 0 saturated heterocycles. The van der Waals surface area contributed by atoms with Crippen LogP contribution in [-0.2, 0) is 17.3 Å². The second-order valence-electron chi connectivity index (χ2n) is 12.4. The molecule has 2 aliphatic rings. The largest absolute Gasteiger partial charge is 0.383 e. The van der Waals surface area contributed by atoms with E-state index >= 15 is 0 Å². The zero-order valence-corrected chi connectivity index (χ0v) is 24.7. The summed E-state index contributed by atoms with van der Waals surface area (Å²) >= 11 is 0. The molecular formula is C36H40F6O. The Kier molecular flexibility index (Phi) is 10.2. The Morgan fingerprint density at radius 1 is 0.698 bits per heavy atom. The molecule has 43 heavy (non-hydrogen) atoms. The van der Waals surface area contributed by atoms with Crippen molar-refractivity contribution in [3.05, 3.63) is 94.6 Å². The fraction of sp³-hybridized carbons (Fsp3) is 0.500. The van der Waals surface area contributed by atoms with Crippen molar-refractivity contribution in [1.82, 2.24) is 0 Å². The minimum absolute atomic E-state index is 0.0271. The number of aryl methyl sites for hydroxylation is 1. The second kappa shape index (κ2) is 13.9. The number of ether oxygens (including phenoxy) is 1. The maximum Gasteiger partial charge on any atom is 0.383 e. The van der Waals surface area contributed by atoms with Crippen LogP contribution in [0.5, 0.6) is 0 Å². The molecule has 0 atom stereocenters. The molecular weight excluding hydrogens is 562 g/mol. The lowest BCUT2D eigenvalue weighted by atomic mass is 9.69.